The Morgan fingerprint density at radius 3 is 2.56 bits per heavy atom. The number of hydroxylamine groups is 1. The van der Waals surface area contributed by atoms with Crippen molar-refractivity contribution in [3.63, 3.8) is 0 Å². The normalized spacial score (nSPS) is 18.8. The molecule has 0 spiro atoms. The highest BCUT2D eigenvalue weighted by Gasteiger charge is 2.43. The molecule has 0 unspecified atom stereocenters. The van der Waals surface area contributed by atoms with Crippen molar-refractivity contribution < 1.29 is 24.1 Å². The molecule has 3 atom stereocenters. The van der Waals surface area contributed by atoms with Crippen LogP contribution in [0.5, 0.6) is 5.75 Å². The molecule has 0 bridgehead atoms. The number of aryl methyl sites for hydroxylation is 2. The van der Waals surface area contributed by atoms with E-state index in [0.717, 1.165) is 11.3 Å². The highest BCUT2D eigenvalue weighted by molar-refractivity contribution is 5.91. The van der Waals surface area contributed by atoms with Crippen LogP contribution in [0, 0.1) is 12.8 Å². The van der Waals surface area contributed by atoms with Gasteiger partial charge in [-0.3, -0.25) is 14.3 Å². The molecule has 0 saturated carbocycles. The average Bonchev–Trinajstić information content (AvgIpc) is 3.52. The van der Waals surface area contributed by atoms with Gasteiger partial charge in [-0.2, -0.15) is 10.6 Å². The van der Waals surface area contributed by atoms with Crippen molar-refractivity contribution in [2.24, 2.45) is 13.0 Å². The summed E-state index contributed by atoms with van der Waals surface area (Å²) in [5.41, 5.74) is 5.01. The molecule has 3 heterocycles. The van der Waals surface area contributed by atoms with Crippen LogP contribution in [0.25, 0.3) is 11.3 Å². The third-order valence-corrected chi connectivity index (χ3v) is 5.99. The Labute approximate surface area is 197 Å². The van der Waals surface area contributed by atoms with Crippen LogP contribution in [0.15, 0.2) is 47.1 Å². The fourth-order valence-electron chi connectivity index (χ4n) is 4.28. The van der Waals surface area contributed by atoms with E-state index in [-0.39, 0.29) is 24.8 Å². The van der Waals surface area contributed by atoms with Crippen molar-refractivity contribution in [3.8, 4) is 17.0 Å². The molecule has 10 nitrogen and oxygen atoms in total. The van der Waals surface area contributed by atoms with Gasteiger partial charge in [0.25, 0.3) is 5.91 Å². The van der Waals surface area contributed by atoms with Crippen LogP contribution >= 0.6 is 0 Å². The van der Waals surface area contributed by atoms with Crippen LogP contribution in [0.4, 0.5) is 0 Å². The number of β-amino-alcohol motifs (C(OH)–C–C–N with tert-alkyl or cyclic N) is 1. The summed E-state index contributed by atoms with van der Waals surface area (Å²) in [6, 6.07) is 9.95. The van der Waals surface area contributed by atoms with Gasteiger partial charge in [-0.1, -0.05) is 19.0 Å². The van der Waals surface area contributed by atoms with Crippen LogP contribution in [-0.4, -0.2) is 55.4 Å². The fourth-order valence-corrected chi connectivity index (χ4v) is 4.28. The number of rotatable bonds is 7. The topological polar surface area (TPSA) is 123 Å². The van der Waals surface area contributed by atoms with Gasteiger partial charge in [-0.25, -0.2) is 0 Å². The molecule has 180 valence electrons. The van der Waals surface area contributed by atoms with E-state index in [9.17, 15) is 14.7 Å². The third kappa shape index (κ3) is 4.81. The van der Waals surface area contributed by atoms with Gasteiger partial charge in [-0.15, -0.1) is 0 Å². The summed E-state index contributed by atoms with van der Waals surface area (Å²) in [6.07, 6.45) is 1.04. The van der Waals surface area contributed by atoms with Crippen LogP contribution in [-0.2, 0) is 16.6 Å². The first-order valence-corrected chi connectivity index (χ1v) is 11.2. The van der Waals surface area contributed by atoms with Crippen LogP contribution in [0.3, 0.4) is 0 Å². The summed E-state index contributed by atoms with van der Waals surface area (Å²) in [5.74, 6) is -0.603. The molecule has 2 amide bonds. The van der Waals surface area contributed by atoms with E-state index < -0.39 is 24.0 Å². The minimum atomic E-state index is -0.860. The quantitative estimate of drug-likeness (QED) is 0.511. The van der Waals surface area contributed by atoms with Crippen molar-refractivity contribution in [3.05, 3.63) is 54.0 Å². The lowest BCUT2D eigenvalue weighted by molar-refractivity contribution is -0.143. The number of carbonyl (C=O) groups is 2. The third-order valence-electron chi connectivity index (χ3n) is 5.99. The highest BCUT2D eigenvalue weighted by atomic mass is 16.7. The maximum Gasteiger partial charge on any atom is 0.275 e. The number of amides is 2. The van der Waals surface area contributed by atoms with Gasteiger partial charge in [-0.05, 0) is 43.2 Å². The minimum Gasteiger partial charge on any atom is -0.391 e. The number of aromatic nitrogens is 3. The summed E-state index contributed by atoms with van der Waals surface area (Å²) < 4.78 is 7.11. The second-order valence-electron chi connectivity index (χ2n) is 8.92. The lowest BCUT2D eigenvalue weighted by atomic mass is 9.91. The first kappa shape index (κ1) is 23.5. The number of nitrogens with one attached hydrogen (secondary N) is 1. The number of benzene rings is 1. The van der Waals surface area contributed by atoms with Gasteiger partial charge in [0, 0.05) is 37.8 Å². The molecular weight excluding hydrogens is 438 g/mol. The number of nitrogens with zero attached hydrogens (tertiary/aromatic N) is 4. The van der Waals surface area contributed by atoms with Crippen molar-refractivity contribution in [2.75, 3.05) is 6.54 Å². The Morgan fingerprint density at radius 1 is 1.24 bits per heavy atom. The molecule has 1 fully saturated rings. The number of hydrogen-bond donors (Lipinski definition) is 2. The zero-order valence-electron chi connectivity index (χ0n) is 19.6. The van der Waals surface area contributed by atoms with Gasteiger partial charge in [0.1, 0.15) is 17.7 Å². The van der Waals surface area contributed by atoms with Gasteiger partial charge in [0.15, 0.2) is 5.75 Å². The Bertz CT molecular complexity index is 1150. The summed E-state index contributed by atoms with van der Waals surface area (Å²) >= 11 is 0. The van der Waals surface area contributed by atoms with Crippen molar-refractivity contribution >= 4 is 11.8 Å². The van der Waals surface area contributed by atoms with E-state index in [1.807, 2.05) is 39.1 Å². The molecular formula is C24H29N5O5. The maximum atomic E-state index is 13.4. The Kier molecular flexibility index (Phi) is 6.69. The van der Waals surface area contributed by atoms with E-state index in [1.54, 1.807) is 36.0 Å². The van der Waals surface area contributed by atoms with E-state index >= 15 is 0 Å². The summed E-state index contributed by atoms with van der Waals surface area (Å²) in [6.45, 7) is 5.65. The zero-order valence-corrected chi connectivity index (χ0v) is 19.6. The smallest absolute Gasteiger partial charge is 0.275 e. The predicted octanol–water partition coefficient (Wildman–Crippen LogP) is 2.20. The summed E-state index contributed by atoms with van der Waals surface area (Å²) in [7, 11) is 1.86. The van der Waals surface area contributed by atoms with Crippen LogP contribution in [0.1, 0.15) is 37.6 Å². The number of aliphatic hydroxyl groups excluding tert-OH is 1. The van der Waals surface area contributed by atoms with Gasteiger partial charge < -0.3 is 19.4 Å². The van der Waals surface area contributed by atoms with Crippen molar-refractivity contribution in [1.29, 1.82) is 0 Å². The molecule has 1 aliphatic rings. The van der Waals surface area contributed by atoms with Gasteiger partial charge in [0.2, 0.25) is 5.91 Å². The highest BCUT2D eigenvalue weighted by Crippen LogP contribution is 2.31. The van der Waals surface area contributed by atoms with E-state index in [2.05, 4.69) is 15.7 Å². The Morgan fingerprint density at radius 2 is 1.97 bits per heavy atom. The molecule has 34 heavy (non-hydrogen) atoms. The second kappa shape index (κ2) is 9.68. The molecule has 10 heteroatoms. The van der Waals surface area contributed by atoms with E-state index in [1.165, 1.54) is 4.90 Å². The van der Waals surface area contributed by atoms with Gasteiger partial charge in [0.05, 0.1) is 17.5 Å². The number of aliphatic hydroxyl groups is 1. The van der Waals surface area contributed by atoms with Crippen LogP contribution in [0.2, 0.25) is 0 Å². The lowest BCUT2D eigenvalue weighted by Crippen LogP contribution is -2.48. The average molecular weight is 468 g/mol. The number of hydrogen-bond acceptors (Lipinski definition) is 7. The first-order chi connectivity index (χ1) is 16.2. The molecule has 1 saturated heterocycles. The monoisotopic (exact) mass is 467 g/mol. The Balaban J connectivity index is 1.43. The van der Waals surface area contributed by atoms with E-state index in [4.69, 9.17) is 9.36 Å². The minimum absolute atomic E-state index is 0.0622. The molecule has 3 aromatic rings. The van der Waals surface area contributed by atoms with Crippen molar-refractivity contribution in [1.82, 2.24) is 25.3 Å². The molecule has 0 aliphatic carbocycles. The lowest BCUT2D eigenvalue weighted by Gasteiger charge is -2.28. The van der Waals surface area contributed by atoms with Crippen molar-refractivity contribution in [2.45, 2.75) is 45.3 Å². The zero-order chi connectivity index (χ0) is 24.4. The second-order valence-corrected chi connectivity index (χ2v) is 8.92. The first-order valence-electron chi connectivity index (χ1n) is 11.2. The SMILES string of the molecule is Cc1cc([C@@H](C(=O)N2C[C@H](O)C[C@H]2C(=O)NOc2ccc(-c3ccnn3C)cc2)C(C)C)on1. The van der Waals surface area contributed by atoms with E-state index in [0.29, 0.717) is 17.2 Å². The van der Waals surface area contributed by atoms with Gasteiger partial charge >= 0.3 is 0 Å². The Hall–Kier alpha value is -3.66. The molecule has 1 aliphatic heterocycles. The molecule has 2 N–H and O–H groups in total. The number of likely N-dealkylation sites (tertiary alicyclic amines) is 1. The summed E-state index contributed by atoms with van der Waals surface area (Å²) in [4.78, 5) is 33.2. The molecule has 4 rings (SSSR count). The van der Waals surface area contributed by atoms with Crippen LogP contribution < -0.4 is 10.3 Å². The predicted molar refractivity (Wildman–Crippen MR) is 122 cm³/mol. The fraction of sp³-hybridized carbons (Fsp3) is 0.417. The molecule has 1 aromatic carbocycles. The summed E-state index contributed by atoms with van der Waals surface area (Å²) in [5, 5.41) is 18.3. The number of carbonyl (C=O) groups excluding carboxylic acids is 2. The molecule has 0 radical (unpaired) electrons. The largest absolute Gasteiger partial charge is 0.391 e. The standard InChI is InChI=1S/C24H29N5O5/c1-14(2)22(21-11-15(3)26-34-21)24(32)29-13-17(30)12-20(29)23(31)27-33-18-7-5-16(6-8-18)19-9-10-25-28(19)4/h5-11,14,17,20,22,30H,12-13H2,1-4H3,(H,27,31)/t17-,20+,22+/m1/s1. The molecule has 2 aromatic heterocycles. The maximum absolute atomic E-state index is 13.4.